The van der Waals surface area contributed by atoms with E-state index in [9.17, 15) is 35.1 Å². The molecule has 13 heteroatoms. The number of aliphatic hydroxyl groups is 5. The number of nitrogens with zero attached hydrogens (tertiary/aromatic N) is 1. The van der Waals surface area contributed by atoms with Crippen molar-refractivity contribution in [2.24, 2.45) is 0 Å². The maximum Gasteiger partial charge on any atom is 0.234 e. The second-order valence-electron chi connectivity index (χ2n) is 6.80. The normalized spacial score (nSPS) is 15.8. The predicted octanol–water partition coefficient (Wildman–Crippen LogP) is -5.36. The first-order valence-corrected chi connectivity index (χ1v) is 9.89. The maximum absolute atomic E-state index is 12.4. The lowest BCUT2D eigenvalue weighted by Crippen LogP contribution is -2.53. The van der Waals surface area contributed by atoms with Crippen LogP contribution < -0.4 is 26.6 Å². The molecule has 0 aliphatic rings. The lowest BCUT2D eigenvalue weighted by molar-refractivity contribution is -0.131. The Labute approximate surface area is 176 Å². The lowest BCUT2D eigenvalue weighted by Gasteiger charge is -2.29. The third-order valence-electron chi connectivity index (χ3n) is 4.18. The molecule has 13 nitrogen and oxygen atoms in total. The van der Waals surface area contributed by atoms with E-state index in [4.69, 9.17) is 0 Å². The summed E-state index contributed by atoms with van der Waals surface area (Å²) < 4.78 is 0. The number of likely N-dealkylation sites (N-methyl/N-ethyl adjacent to an activating group) is 2. The third-order valence-corrected chi connectivity index (χ3v) is 4.18. The largest absolute Gasteiger partial charge is 0.377 e. The van der Waals surface area contributed by atoms with Crippen LogP contribution in [0.25, 0.3) is 0 Å². The molecule has 0 aromatic heterocycles. The second kappa shape index (κ2) is 16.4. The van der Waals surface area contributed by atoms with Crippen molar-refractivity contribution in [3.05, 3.63) is 0 Å². The van der Waals surface area contributed by atoms with E-state index in [-0.39, 0.29) is 44.4 Å². The van der Waals surface area contributed by atoms with Gasteiger partial charge in [-0.25, -0.2) is 0 Å². The Morgan fingerprint density at radius 1 is 0.967 bits per heavy atom. The first kappa shape index (κ1) is 28.7. The minimum Gasteiger partial charge on any atom is -0.377 e. The highest BCUT2D eigenvalue weighted by atomic mass is 16.5. The average molecular weight is 439 g/mol. The van der Waals surface area contributed by atoms with Gasteiger partial charge in [0.2, 0.25) is 5.91 Å². The zero-order chi connectivity index (χ0) is 23.1. The molecule has 0 saturated carbocycles. The number of hydrogen-bond acceptors (Lipinski definition) is 12. The van der Waals surface area contributed by atoms with Gasteiger partial charge in [-0.3, -0.25) is 25.1 Å². The Bertz CT molecular complexity index is 486. The van der Waals surface area contributed by atoms with Gasteiger partial charge in [0.1, 0.15) is 18.7 Å². The minimum absolute atomic E-state index is 0.0228. The molecule has 0 radical (unpaired) electrons. The standard InChI is InChI=1S/C17H38N6O7/c1-4-19-5-14(26)22-8-16(28)23(10-17(29)30)9-12(24)11(2)20-7-15(27)21-6-13(25)18-3/h11,13,15-21,25,27-30H,4-10H2,1-3H3,(H,22,26)/t11-,13?,15?,16?/m1/s1. The molecule has 3 unspecified atom stereocenters. The molecule has 0 fully saturated rings. The Morgan fingerprint density at radius 2 is 1.60 bits per heavy atom. The average Bonchev–Trinajstić information content (AvgIpc) is 2.71. The van der Waals surface area contributed by atoms with Crippen LogP contribution in [0.4, 0.5) is 0 Å². The van der Waals surface area contributed by atoms with E-state index < -0.39 is 37.6 Å². The molecule has 0 bridgehead atoms. The van der Waals surface area contributed by atoms with E-state index in [0.29, 0.717) is 6.54 Å². The van der Waals surface area contributed by atoms with Crippen LogP contribution in [0.15, 0.2) is 0 Å². The molecule has 0 aliphatic heterocycles. The van der Waals surface area contributed by atoms with Crippen LogP contribution in [0, 0.1) is 0 Å². The van der Waals surface area contributed by atoms with Crippen LogP contribution >= 0.6 is 0 Å². The quantitative estimate of drug-likeness (QED) is 0.0913. The number of carbonyl (C=O) groups excluding carboxylic acids is 2. The van der Waals surface area contributed by atoms with Gasteiger partial charge in [0.25, 0.3) is 0 Å². The Hall–Kier alpha value is -1.26. The Balaban J connectivity index is 4.54. The van der Waals surface area contributed by atoms with E-state index in [1.807, 2.05) is 6.92 Å². The van der Waals surface area contributed by atoms with Gasteiger partial charge in [0.05, 0.1) is 32.2 Å². The number of carbonyl (C=O) groups is 2. The summed E-state index contributed by atoms with van der Waals surface area (Å²) in [6.45, 7) is 3.33. The molecule has 0 aliphatic carbocycles. The van der Waals surface area contributed by atoms with Crippen LogP contribution in [0.1, 0.15) is 13.8 Å². The molecule has 0 spiro atoms. The van der Waals surface area contributed by atoms with Crippen molar-refractivity contribution < 1.29 is 35.1 Å². The van der Waals surface area contributed by atoms with E-state index in [1.165, 1.54) is 0 Å². The van der Waals surface area contributed by atoms with Crippen molar-refractivity contribution in [2.45, 2.75) is 44.9 Å². The molecule has 10 N–H and O–H groups in total. The monoisotopic (exact) mass is 438 g/mol. The van der Waals surface area contributed by atoms with Crippen LogP contribution in [0.5, 0.6) is 0 Å². The highest BCUT2D eigenvalue weighted by molar-refractivity contribution is 5.85. The fraction of sp³-hybridized carbons (Fsp3) is 0.882. The first-order chi connectivity index (χ1) is 14.1. The fourth-order valence-electron chi connectivity index (χ4n) is 2.30. The van der Waals surface area contributed by atoms with E-state index in [2.05, 4.69) is 26.6 Å². The van der Waals surface area contributed by atoms with Crippen molar-refractivity contribution in [3.63, 3.8) is 0 Å². The molecule has 178 valence electrons. The molecule has 30 heavy (non-hydrogen) atoms. The first-order valence-electron chi connectivity index (χ1n) is 9.89. The van der Waals surface area contributed by atoms with Crippen LogP contribution in [-0.4, -0.2) is 126 Å². The second-order valence-corrected chi connectivity index (χ2v) is 6.80. The van der Waals surface area contributed by atoms with Crippen molar-refractivity contribution in [1.82, 2.24) is 31.5 Å². The van der Waals surface area contributed by atoms with E-state index in [1.54, 1.807) is 14.0 Å². The zero-order valence-corrected chi connectivity index (χ0v) is 17.8. The van der Waals surface area contributed by atoms with E-state index in [0.717, 1.165) is 4.90 Å². The SMILES string of the molecule is CCNCC(=O)NCC(O)N(CC(=O)[C@@H](C)NCC(O)NCC(O)NC)CC(O)O. The summed E-state index contributed by atoms with van der Waals surface area (Å²) in [7, 11) is 1.56. The van der Waals surface area contributed by atoms with Crippen LogP contribution in [-0.2, 0) is 9.59 Å². The summed E-state index contributed by atoms with van der Waals surface area (Å²) in [5, 5.41) is 61.3. The molecular formula is C17H38N6O7. The number of ketones is 1. The van der Waals surface area contributed by atoms with Crippen LogP contribution in [0.3, 0.4) is 0 Å². The molecule has 0 heterocycles. The van der Waals surface area contributed by atoms with Crippen molar-refractivity contribution >= 4 is 11.7 Å². The summed E-state index contributed by atoms with van der Waals surface area (Å²) in [6, 6.07) is -0.704. The van der Waals surface area contributed by atoms with Gasteiger partial charge in [-0.05, 0) is 20.5 Å². The molecule has 0 rings (SSSR count). The summed E-state index contributed by atoms with van der Waals surface area (Å²) in [4.78, 5) is 25.2. The zero-order valence-electron chi connectivity index (χ0n) is 17.8. The van der Waals surface area contributed by atoms with Crippen LogP contribution in [0.2, 0.25) is 0 Å². The predicted molar refractivity (Wildman–Crippen MR) is 109 cm³/mol. The summed E-state index contributed by atoms with van der Waals surface area (Å²) in [6.07, 6.45) is -4.91. The van der Waals surface area contributed by atoms with Gasteiger partial charge in [0, 0.05) is 13.1 Å². The summed E-state index contributed by atoms with van der Waals surface area (Å²) >= 11 is 0. The van der Waals surface area contributed by atoms with Crippen molar-refractivity contribution in [3.8, 4) is 0 Å². The number of nitrogens with one attached hydrogen (secondary N) is 5. The number of hydrogen-bond donors (Lipinski definition) is 10. The Morgan fingerprint density at radius 3 is 2.17 bits per heavy atom. The topological polar surface area (TPSA) is 199 Å². The third kappa shape index (κ3) is 13.9. The van der Waals surface area contributed by atoms with Gasteiger partial charge >= 0.3 is 0 Å². The number of amides is 1. The molecule has 4 atom stereocenters. The van der Waals surface area contributed by atoms with Crippen molar-refractivity contribution in [1.29, 1.82) is 0 Å². The summed E-state index contributed by atoms with van der Waals surface area (Å²) in [5.41, 5.74) is 0. The number of aliphatic hydroxyl groups excluding tert-OH is 4. The number of Topliss-reactive ketones (excluding diaryl/α,β-unsaturated/α-hetero) is 1. The molecule has 0 aromatic rings. The fourth-order valence-corrected chi connectivity index (χ4v) is 2.30. The van der Waals surface area contributed by atoms with Crippen molar-refractivity contribution in [2.75, 3.05) is 52.9 Å². The number of rotatable bonds is 18. The highest BCUT2D eigenvalue weighted by Gasteiger charge is 2.24. The minimum atomic E-state index is -1.78. The lowest BCUT2D eigenvalue weighted by atomic mass is 10.2. The van der Waals surface area contributed by atoms with Gasteiger partial charge in [-0.2, -0.15) is 0 Å². The molecule has 0 aromatic carbocycles. The smallest absolute Gasteiger partial charge is 0.234 e. The van der Waals surface area contributed by atoms with E-state index >= 15 is 0 Å². The molecule has 0 saturated heterocycles. The molecular weight excluding hydrogens is 400 g/mol. The van der Waals surface area contributed by atoms with Gasteiger partial charge in [-0.1, -0.05) is 6.92 Å². The van der Waals surface area contributed by atoms with Gasteiger partial charge < -0.3 is 41.5 Å². The highest BCUT2D eigenvalue weighted by Crippen LogP contribution is 2.00. The Kier molecular flexibility index (Phi) is 15.7. The molecule has 1 amide bonds. The van der Waals surface area contributed by atoms with Gasteiger partial charge in [0.15, 0.2) is 12.1 Å². The van der Waals surface area contributed by atoms with Gasteiger partial charge in [-0.15, -0.1) is 0 Å². The maximum atomic E-state index is 12.4. The summed E-state index contributed by atoms with van der Waals surface area (Å²) in [5.74, 6) is -0.706.